The molecule has 0 amide bonds. The summed E-state index contributed by atoms with van der Waals surface area (Å²) >= 11 is 5.88. The van der Waals surface area contributed by atoms with Crippen molar-refractivity contribution in [2.24, 2.45) is 12.8 Å². The fourth-order valence-corrected chi connectivity index (χ4v) is 1.97. The highest BCUT2D eigenvalue weighted by molar-refractivity contribution is 6.30. The van der Waals surface area contributed by atoms with Crippen LogP contribution in [-0.2, 0) is 7.05 Å². The van der Waals surface area contributed by atoms with Gasteiger partial charge in [0.25, 0.3) is 0 Å². The monoisotopic (exact) mass is 269 g/mol. The van der Waals surface area contributed by atoms with E-state index in [9.17, 15) is 13.2 Å². The lowest BCUT2D eigenvalue weighted by molar-refractivity contribution is -0.148. The topological polar surface area (TPSA) is 43.8 Å². The molecule has 0 aliphatic rings. The van der Waals surface area contributed by atoms with Gasteiger partial charge in [-0.05, 0) is 5.92 Å². The Morgan fingerprint density at radius 2 is 1.94 bits per heavy atom. The first-order valence-corrected chi connectivity index (χ1v) is 5.57. The Balaban J connectivity index is 3.37. The summed E-state index contributed by atoms with van der Waals surface area (Å²) in [6, 6.07) is 0. The molecule has 1 atom stereocenters. The zero-order valence-electron chi connectivity index (χ0n) is 9.85. The smallest absolute Gasteiger partial charge is 0.330 e. The third-order valence-corrected chi connectivity index (χ3v) is 3.01. The number of nitrogens with zero attached hydrogens (tertiary/aromatic N) is 2. The molecule has 2 N–H and O–H groups in total. The van der Waals surface area contributed by atoms with Crippen LogP contribution in [-0.4, -0.2) is 22.5 Å². The zero-order chi connectivity index (χ0) is 13.4. The van der Waals surface area contributed by atoms with Crippen LogP contribution in [0.25, 0.3) is 0 Å². The van der Waals surface area contributed by atoms with Gasteiger partial charge in [0.15, 0.2) is 0 Å². The van der Waals surface area contributed by atoms with Crippen molar-refractivity contribution in [1.29, 1.82) is 0 Å². The minimum Gasteiger partial charge on any atom is -0.330 e. The van der Waals surface area contributed by atoms with E-state index in [1.54, 1.807) is 13.8 Å². The first-order valence-electron chi connectivity index (χ1n) is 5.19. The van der Waals surface area contributed by atoms with Crippen LogP contribution >= 0.6 is 11.6 Å². The second kappa shape index (κ2) is 4.86. The molecule has 1 unspecified atom stereocenters. The van der Waals surface area contributed by atoms with Gasteiger partial charge in [0.1, 0.15) is 5.15 Å². The third-order valence-electron chi connectivity index (χ3n) is 2.57. The van der Waals surface area contributed by atoms with E-state index >= 15 is 0 Å². The molecule has 3 nitrogen and oxygen atoms in total. The van der Waals surface area contributed by atoms with E-state index in [1.165, 1.54) is 11.7 Å². The summed E-state index contributed by atoms with van der Waals surface area (Å²) in [5.41, 5.74) is 5.57. The number of hydrogen-bond acceptors (Lipinski definition) is 2. The van der Waals surface area contributed by atoms with Crippen molar-refractivity contribution in [2.45, 2.75) is 31.9 Å². The lowest BCUT2D eigenvalue weighted by Gasteiger charge is -2.19. The molecule has 1 aromatic rings. The molecule has 0 saturated heterocycles. The number of aromatic nitrogens is 2. The highest BCUT2D eigenvalue weighted by atomic mass is 35.5. The fourth-order valence-electron chi connectivity index (χ4n) is 1.70. The Labute approximate surface area is 103 Å². The van der Waals surface area contributed by atoms with E-state index in [0.29, 0.717) is 5.69 Å². The molecule has 7 heteroatoms. The molecule has 1 rings (SSSR count). The number of rotatable bonds is 3. The molecule has 0 fully saturated rings. The van der Waals surface area contributed by atoms with Gasteiger partial charge >= 0.3 is 6.18 Å². The highest BCUT2D eigenvalue weighted by Crippen LogP contribution is 2.40. The molecule has 98 valence electrons. The maximum atomic E-state index is 12.9. The minimum atomic E-state index is -4.41. The molecular formula is C10H15ClF3N3. The SMILES string of the molecule is CC(C)c1nn(C)c(Cl)c1C(CN)C(F)(F)F. The second-order valence-corrected chi connectivity index (χ2v) is 4.56. The van der Waals surface area contributed by atoms with Crippen molar-refractivity contribution in [3.05, 3.63) is 16.4 Å². The molecular weight excluding hydrogens is 255 g/mol. The molecule has 0 radical (unpaired) electrons. The number of hydrogen-bond donors (Lipinski definition) is 1. The van der Waals surface area contributed by atoms with Crippen LogP contribution in [0.2, 0.25) is 5.15 Å². The zero-order valence-corrected chi connectivity index (χ0v) is 10.6. The predicted molar refractivity (Wildman–Crippen MR) is 60.2 cm³/mol. The molecule has 1 aromatic heterocycles. The average Bonchev–Trinajstić information content (AvgIpc) is 2.45. The molecule has 0 spiro atoms. The van der Waals surface area contributed by atoms with Crippen LogP contribution in [0, 0.1) is 0 Å². The number of alkyl halides is 3. The Morgan fingerprint density at radius 3 is 2.29 bits per heavy atom. The van der Waals surface area contributed by atoms with Gasteiger partial charge in [0.2, 0.25) is 0 Å². The lowest BCUT2D eigenvalue weighted by atomic mass is 9.94. The van der Waals surface area contributed by atoms with E-state index in [1.807, 2.05) is 0 Å². The van der Waals surface area contributed by atoms with Gasteiger partial charge in [-0.1, -0.05) is 25.4 Å². The van der Waals surface area contributed by atoms with Crippen LogP contribution < -0.4 is 5.73 Å². The van der Waals surface area contributed by atoms with Crippen LogP contribution in [0.15, 0.2) is 0 Å². The van der Waals surface area contributed by atoms with E-state index < -0.39 is 18.6 Å². The van der Waals surface area contributed by atoms with Crippen LogP contribution in [0.3, 0.4) is 0 Å². The Bertz CT molecular complexity index is 398. The van der Waals surface area contributed by atoms with E-state index in [4.69, 9.17) is 17.3 Å². The van der Waals surface area contributed by atoms with Crippen molar-refractivity contribution < 1.29 is 13.2 Å². The van der Waals surface area contributed by atoms with Gasteiger partial charge in [-0.2, -0.15) is 18.3 Å². The Kier molecular flexibility index (Phi) is 4.09. The maximum Gasteiger partial charge on any atom is 0.397 e. The van der Waals surface area contributed by atoms with Gasteiger partial charge in [0.05, 0.1) is 11.6 Å². The third kappa shape index (κ3) is 2.74. The summed E-state index contributed by atoms with van der Waals surface area (Å²) in [7, 11) is 1.52. The normalized spacial score (nSPS) is 14.4. The number of aryl methyl sites for hydroxylation is 1. The van der Waals surface area contributed by atoms with Crippen LogP contribution in [0.5, 0.6) is 0 Å². The van der Waals surface area contributed by atoms with Crippen molar-refractivity contribution in [2.75, 3.05) is 6.54 Å². The van der Waals surface area contributed by atoms with E-state index in [0.717, 1.165) is 0 Å². The van der Waals surface area contributed by atoms with Gasteiger partial charge in [0, 0.05) is 19.2 Å². The maximum absolute atomic E-state index is 12.9. The average molecular weight is 270 g/mol. The first-order chi connectivity index (χ1) is 7.70. The van der Waals surface area contributed by atoms with Crippen LogP contribution in [0.1, 0.15) is 36.9 Å². The highest BCUT2D eigenvalue weighted by Gasteiger charge is 2.43. The Morgan fingerprint density at radius 1 is 1.41 bits per heavy atom. The Hall–Kier alpha value is -0.750. The second-order valence-electron chi connectivity index (χ2n) is 4.20. The summed E-state index contributed by atoms with van der Waals surface area (Å²) < 4.78 is 39.8. The summed E-state index contributed by atoms with van der Waals surface area (Å²) in [6.07, 6.45) is -4.41. The molecule has 0 aromatic carbocycles. The summed E-state index contributed by atoms with van der Waals surface area (Å²) in [6.45, 7) is 3.01. The lowest BCUT2D eigenvalue weighted by Crippen LogP contribution is -2.29. The number of nitrogens with two attached hydrogens (primary N) is 1. The molecule has 0 saturated carbocycles. The molecule has 17 heavy (non-hydrogen) atoms. The number of halogens is 4. The molecule has 1 heterocycles. The molecule has 0 bridgehead atoms. The van der Waals surface area contributed by atoms with Gasteiger partial charge in [-0.15, -0.1) is 0 Å². The van der Waals surface area contributed by atoms with Gasteiger partial charge in [-0.3, -0.25) is 4.68 Å². The standard InChI is InChI=1S/C10H15ClF3N3/c1-5(2)8-7(9(11)17(3)16-8)6(4-15)10(12,13)14/h5-6H,4,15H2,1-3H3. The van der Waals surface area contributed by atoms with Gasteiger partial charge in [-0.25, -0.2) is 0 Å². The quantitative estimate of drug-likeness (QED) is 0.917. The predicted octanol–water partition coefficient (Wildman–Crippen LogP) is 2.80. The van der Waals surface area contributed by atoms with E-state index in [2.05, 4.69) is 5.10 Å². The summed E-state index contributed by atoms with van der Waals surface area (Å²) in [4.78, 5) is 0. The van der Waals surface area contributed by atoms with Gasteiger partial charge < -0.3 is 5.73 Å². The van der Waals surface area contributed by atoms with E-state index in [-0.39, 0.29) is 16.6 Å². The first kappa shape index (κ1) is 14.3. The summed E-state index contributed by atoms with van der Waals surface area (Å²) in [5.74, 6) is -1.90. The van der Waals surface area contributed by atoms with Crippen molar-refractivity contribution >= 4 is 11.6 Å². The largest absolute Gasteiger partial charge is 0.397 e. The molecule has 0 aliphatic heterocycles. The molecule has 0 aliphatic carbocycles. The van der Waals surface area contributed by atoms with Crippen molar-refractivity contribution in [3.63, 3.8) is 0 Å². The fraction of sp³-hybridized carbons (Fsp3) is 0.700. The van der Waals surface area contributed by atoms with Crippen LogP contribution in [0.4, 0.5) is 13.2 Å². The minimum absolute atomic E-state index is 0.000772. The van der Waals surface area contributed by atoms with Crippen molar-refractivity contribution in [1.82, 2.24) is 9.78 Å². The van der Waals surface area contributed by atoms with Crippen molar-refractivity contribution in [3.8, 4) is 0 Å². The summed E-state index contributed by atoms with van der Waals surface area (Å²) in [5, 5.41) is 4.02.